The van der Waals surface area contributed by atoms with Gasteiger partial charge in [0.2, 0.25) is 17.8 Å². The van der Waals surface area contributed by atoms with Crippen LogP contribution in [0.3, 0.4) is 0 Å². The number of carbonyl (C=O) groups excluding carboxylic acids is 2. The number of aromatic nitrogens is 3. The predicted octanol–water partition coefficient (Wildman–Crippen LogP) is 0.679. The zero-order chi connectivity index (χ0) is 17.6. The molecule has 2 aromatic rings. The number of aromatic amines is 1. The molecule has 2 amide bonds. The van der Waals surface area contributed by atoms with Crippen molar-refractivity contribution >= 4 is 17.8 Å². The monoisotopic (exact) mass is 345 g/mol. The number of amides is 2. The lowest BCUT2D eigenvalue weighted by Gasteiger charge is -2.17. The Labute approximate surface area is 144 Å². The molecule has 1 aliphatic heterocycles. The van der Waals surface area contributed by atoms with Crippen molar-refractivity contribution in [1.82, 2.24) is 20.1 Å². The molecule has 1 fully saturated rings. The standard InChI is InChI=1S/C16H19N5O4/c1-24-12-4-2-3-5-13(12)25-7-6-21-9-11(8-14(21)22)15(23)19-16-17-10-18-20-16/h2-5,10-11H,6-9H2,1H3,(H2,17,18,19,20,23). The first kappa shape index (κ1) is 16.7. The summed E-state index contributed by atoms with van der Waals surface area (Å²) in [4.78, 5) is 29.7. The number of para-hydroxylation sites is 2. The highest BCUT2D eigenvalue weighted by Crippen LogP contribution is 2.26. The van der Waals surface area contributed by atoms with E-state index in [4.69, 9.17) is 9.47 Å². The first-order valence-electron chi connectivity index (χ1n) is 7.87. The summed E-state index contributed by atoms with van der Waals surface area (Å²) in [7, 11) is 1.57. The van der Waals surface area contributed by atoms with Crippen LogP contribution in [-0.2, 0) is 9.59 Å². The Bertz CT molecular complexity index is 734. The molecule has 0 radical (unpaired) electrons. The zero-order valence-electron chi connectivity index (χ0n) is 13.8. The van der Waals surface area contributed by atoms with Gasteiger partial charge in [-0.2, -0.15) is 10.1 Å². The maximum absolute atomic E-state index is 12.2. The molecule has 2 N–H and O–H groups in total. The third-order valence-electron chi connectivity index (χ3n) is 3.93. The van der Waals surface area contributed by atoms with Crippen LogP contribution in [-0.4, -0.2) is 58.7 Å². The van der Waals surface area contributed by atoms with Gasteiger partial charge in [-0.25, -0.2) is 5.10 Å². The fourth-order valence-corrected chi connectivity index (χ4v) is 2.65. The van der Waals surface area contributed by atoms with Gasteiger partial charge in [-0.1, -0.05) is 12.1 Å². The Morgan fingerprint density at radius 2 is 2.20 bits per heavy atom. The van der Waals surface area contributed by atoms with Gasteiger partial charge in [0, 0.05) is 13.0 Å². The number of benzene rings is 1. The molecule has 9 nitrogen and oxygen atoms in total. The van der Waals surface area contributed by atoms with Gasteiger partial charge in [0.1, 0.15) is 12.9 Å². The largest absolute Gasteiger partial charge is 0.493 e. The highest BCUT2D eigenvalue weighted by atomic mass is 16.5. The van der Waals surface area contributed by atoms with E-state index in [0.29, 0.717) is 31.2 Å². The van der Waals surface area contributed by atoms with E-state index < -0.39 is 5.92 Å². The molecule has 9 heteroatoms. The number of likely N-dealkylation sites (tertiary alicyclic amines) is 1. The van der Waals surface area contributed by atoms with Crippen LogP contribution >= 0.6 is 0 Å². The number of hydrogen-bond acceptors (Lipinski definition) is 6. The molecule has 1 saturated heterocycles. The van der Waals surface area contributed by atoms with Crippen LogP contribution in [0.15, 0.2) is 30.6 Å². The second-order valence-corrected chi connectivity index (χ2v) is 5.56. The smallest absolute Gasteiger partial charge is 0.232 e. The van der Waals surface area contributed by atoms with Gasteiger partial charge in [0.05, 0.1) is 19.6 Å². The van der Waals surface area contributed by atoms with Crippen LogP contribution in [0.4, 0.5) is 5.95 Å². The molecule has 0 saturated carbocycles. The van der Waals surface area contributed by atoms with Gasteiger partial charge in [-0.15, -0.1) is 0 Å². The first-order chi connectivity index (χ1) is 12.2. The molecule has 1 aromatic carbocycles. The molecule has 0 spiro atoms. The van der Waals surface area contributed by atoms with Gasteiger partial charge in [-0.3, -0.25) is 14.9 Å². The number of nitrogens with one attached hydrogen (secondary N) is 2. The average Bonchev–Trinajstić information content (AvgIpc) is 3.25. The van der Waals surface area contributed by atoms with Crippen LogP contribution in [0.1, 0.15) is 6.42 Å². The Kier molecular flexibility index (Phi) is 5.12. The lowest BCUT2D eigenvalue weighted by atomic mass is 10.1. The third kappa shape index (κ3) is 4.06. The molecule has 1 unspecified atom stereocenters. The number of methoxy groups -OCH3 is 1. The summed E-state index contributed by atoms with van der Waals surface area (Å²) < 4.78 is 10.9. The number of hydrogen-bond donors (Lipinski definition) is 2. The molecule has 0 bridgehead atoms. The molecule has 1 aliphatic rings. The van der Waals surface area contributed by atoms with Crippen molar-refractivity contribution in [3.63, 3.8) is 0 Å². The zero-order valence-corrected chi connectivity index (χ0v) is 13.8. The van der Waals surface area contributed by atoms with E-state index in [-0.39, 0.29) is 24.2 Å². The van der Waals surface area contributed by atoms with Crippen molar-refractivity contribution in [2.24, 2.45) is 5.92 Å². The average molecular weight is 345 g/mol. The fraction of sp³-hybridized carbons (Fsp3) is 0.375. The molecular formula is C16H19N5O4. The maximum atomic E-state index is 12.2. The molecule has 25 heavy (non-hydrogen) atoms. The second kappa shape index (κ2) is 7.65. The quantitative estimate of drug-likeness (QED) is 0.764. The Morgan fingerprint density at radius 3 is 2.92 bits per heavy atom. The van der Waals surface area contributed by atoms with Gasteiger partial charge in [0.15, 0.2) is 11.5 Å². The predicted molar refractivity (Wildman–Crippen MR) is 88.2 cm³/mol. The third-order valence-corrected chi connectivity index (χ3v) is 3.93. The lowest BCUT2D eigenvalue weighted by Crippen LogP contribution is -2.31. The first-order valence-corrected chi connectivity index (χ1v) is 7.87. The van der Waals surface area contributed by atoms with Crippen LogP contribution in [0.5, 0.6) is 11.5 Å². The molecule has 132 valence electrons. The number of anilines is 1. The van der Waals surface area contributed by atoms with E-state index in [1.165, 1.54) is 6.33 Å². The lowest BCUT2D eigenvalue weighted by molar-refractivity contribution is -0.128. The van der Waals surface area contributed by atoms with E-state index >= 15 is 0 Å². The topological polar surface area (TPSA) is 109 Å². The van der Waals surface area contributed by atoms with Crippen LogP contribution in [0.25, 0.3) is 0 Å². The highest BCUT2D eigenvalue weighted by molar-refractivity contribution is 5.96. The fourth-order valence-electron chi connectivity index (χ4n) is 2.65. The van der Waals surface area contributed by atoms with Crippen molar-refractivity contribution in [2.45, 2.75) is 6.42 Å². The Balaban J connectivity index is 1.49. The summed E-state index contributed by atoms with van der Waals surface area (Å²) in [5, 5.41) is 8.82. The minimum Gasteiger partial charge on any atom is -0.493 e. The number of ether oxygens (including phenoxy) is 2. The molecule has 1 atom stereocenters. The summed E-state index contributed by atoms with van der Waals surface area (Å²) in [6, 6.07) is 7.31. The van der Waals surface area contributed by atoms with E-state index in [1.807, 2.05) is 12.1 Å². The van der Waals surface area contributed by atoms with E-state index in [2.05, 4.69) is 20.5 Å². The van der Waals surface area contributed by atoms with Crippen molar-refractivity contribution in [2.75, 3.05) is 32.1 Å². The highest BCUT2D eigenvalue weighted by Gasteiger charge is 2.34. The van der Waals surface area contributed by atoms with E-state index in [1.54, 1.807) is 24.1 Å². The SMILES string of the molecule is COc1ccccc1OCCN1CC(C(=O)Nc2ncn[nH]2)CC1=O. The second-order valence-electron chi connectivity index (χ2n) is 5.56. The minimum absolute atomic E-state index is 0.0682. The maximum Gasteiger partial charge on any atom is 0.232 e. The van der Waals surface area contributed by atoms with Crippen LogP contribution < -0.4 is 14.8 Å². The van der Waals surface area contributed by atoms with Gasteiger partial charge in [-0.05, 0) is 12.1 Å². The van der Waals surface area contributed by atoms with Gasteiger partial charge < -0.3 is 14.4 Å². The number of rotatable bonds is 7. The minimum atomic E-state index is -0.413. The molecule has 3 rings (SSSR count). The van der Waals surface area contributed by atoms with Crippen LogP contribution in [0, 0.1) is 5.92 Å². The van der Waals surface area contributed by atoms with E-state index in [9.17, 15) is 9.59 Å². The van der Waals surface area contributed by atoms with Crippen LogP contribution in [0.2, 0.25) is 0 Å². The summed E-state index contributed by atoms with van der Waals surface area (Å²) in [5.41, 5.74) is 0. The normalized spacial score (nSPS) is 16.8. The molecular weight excluding hydrogens is 326 g/mol. The molecule has 1 aromatic heterocycles. The van der Waals surface area contributed by atoms with Crippen molar-refractivity contribution < 1.29 is 19.1 Å². The van der Waals surface area contributed by atoms with Gasteiger partial charge >= 0.3 is 0 Å². The summed E-state index contributed by atoms with van der Waals surface area (Å²) in [5.74, 6) is 0.801. The number of carbonyl (C=O) groups is 2. The molecule has 2 heterocycles. The van der Waals surface area contributed by atoms with Crippen molar-refractivity contribution in [3.05, 3.63) is 30.6 Å². The summed E-state index contributed by atoms with van der Waals surface area (Å²) in [6.07, 6.45) is 1.48. The van der Waals surface area contributed by atoms with Gasteiger partial charge in [0.25, 0.3) is 0 Å². The van der Waals surface area contributed by atoms with Crippen molar-refractivity contribution in [3.8, 4) is 11.5 Å². The molecule has 0 aliphatic carbocycles. The van der Waals surface area contributed by atoms with E-state index in [0.717, 1.165) is 0 Å². The summed E-state index contributed by atoms with van der Waals surface area (Å²) >= 11 is 0. The Hall–Kier alpha value is -3.10. The summed E-state index contributed by atoms with van der Waals surface area (Å²) in [6.45, 7) is 1.08. The number of H-pyrrole nitrogens is 1. The Morgan fingerprint density at radius 1 is 1.40 bits per heavy atom. The van der Waals surface area contributed by atoms with Crippen molar-refractivity contribution in [1.29, 1.82) is 0 Å². The number of nitrogens with zero attached hydrogens (tertiary/aromatic N) is 3.